The molecule has 0 aromatic heterocycles. The fraction of sp³-hybridized carbons (Fsp3) is 0.200. The van der Waals surface area contributed by atoms with Gasteiger partial charge in [-0.1, -0.05) is 36.4 Å². The molecule has 3 aromatic carbocycles. The van der Waals surface area contributed by atoms with Crippen LogP contribution in [0.5, 0.6) is 0 Å². The highest BCUT2D eigenvalue weighted by molar-refractivity contribution is 7.98. The highest BCUT2D eigenvalue weighted by Gasteiger charge is 2.27. The first-order valence-corrected chi connectivity index (χ1v) is 13.5. The number of aryl methyl sites for hydroxylation is 1. The number of sulfonamides is 1. The van der Waals surface area contributed by atoms with Gasteiger partial charge in [-0.2, -0.15) is 4.72 Å². The molecule has 0 bridgehead atoms. The van der Waals surface area contributed by atoms with Crippen molar-refractivity contribution in [2.24, 2.45) is 0 Å². The molecule has 1 atom stereocenters. The number of hydrogen-bond acceptors (Lipinski definition) is 5. The number of nitrogens with one attached hydrogen (secondary N) is 3. The molecule has 7 nitrogen and oxygen atoms in total. The van der Waals surface area contributed by atoms with Gasteiger partial charge < -0.3 is 10.6 Å². The Hall–Kier alpha value is -3.14. The van der Waals surface area contributed by atoms with Gasteiger partial charge >= 0.3 is 0 Å². The highest BCUT2D eigenvalue weighted by Crippen LogP contribution is 2.26. The number of fused-ring (bicyclic) bond motifs is 1. The van der Waals surface area contributed by atoms with E-state index < -0.39 is 22.0 Å². The molecule has 1 aliphatic heterocycles. The minimum atomic E-state index is -4.00. The lowest BCUT2D eigenvalue weighted by Gasteiger charge is -2.21. The van der Waals surface area contributed by atoms with E-state index in [1.807, 2.05) is 54.8 Å². The molecular formula is C25H25N3O4S2. The molecule has 1 unspecified atom stereocenters. The number of carbonyl (C=O) groups is 2. The fourth-order valence-corrected chi connectivity index (χ4v) is 5.46. The van der Waals surface area contributed by atoms with Gasteiger partial charge in [0.25, 0.3) is 0 Å². The average molecular weight is 496 g/mol. The van der Waals surface area contributed by atoms with Gasteiger partial charge in [0.2, 0.25) is 21.8 Å². The summed E-state index contributed by atoms with van der Waals surface area (Å²) in [5, 5.41) is 5.59. The highest BCUT2D eigenvalue weighted by atomic mass is 32.2. The Bertz CT molecular complexity index is 1310. The maximum absolute atomic E-state index is 13.3. The third kappa shape index (κ3) is 5.85. The summed E-state index contributed by atoms with van der Waals surface area (Å²) in [5.74, 6) is -0.540. The summed E-state index contributed by atoms with van der Waals surface area (Å²) in [4.78, 5) is 25.8. The van der Waals surface area contributed by atoms with Gasteiger partial charge in [0, 0.05) is 22.7 Å². The molecule has 3 aromatic rings. The number of anilines is 2. The predicted octanol–water partition coefficient (Wildman–Crippen LogP) is 3.82. The van der Waals surface area contributed by atoms with Crippen molar-refractivity contribution in [3.63, 3.8) is 0 Å². The quantitative estimate of drug-likeness (QED) is 0.412. The maximum Gasteiger partial charge on any atom is 0.242 e. The number of rotatable bonds is 8. The summed E-state index contributed by atoms with van der Waals surface area (Å²) in [6, 6.07) is 20.2. The molecule has 1 aliphatic rings. The summed E-state index contributed by atoms with van der Waals surface area (Å²) in [6.07, 6.45) is 2.90. The molecule has 9 heteroatoms. The Morgan fingerprint density at radius 3 is 2.59 bits per heavy atom. The average Bonchev–Trinajstić information content (AvgIpc) is 2.84. The van der Waals surface area contributed by atoms with Crippen LogP contribution in [0.25, 0.3) is 0 Å². The van der Waals surface area contributed by atoms with E-state index in [0.29, 0.717) is 24.2 Å². The minimum absolute atomic E-state index is 0.0534. The molecule has 0 spiro atoms. The third-order valence-corrected chi connectivity index (χ3v) is 7.71. The summed E-state index contributed by atoms with van der Waals surface area (Å²) < 4.78 is 29.1. The van der Waals surface area contributed by atoms with Crippen LogP contribution < -0.4 is 15.4 Å². The number of benzene rings is 3. The molecule has 3 N–H and O–H groups in total. The first-order valence-electron chi connectivity index (χ1n) is 10.8. The molecule has 34 heavy (non-hydrogen) atoms. The van der Waals surface area contributed by atoms with E-state index in [4.69, 9.17) is 0 Å². The lowest BCUT2D eigenvalue weighted by Crippen LogP contribution is -2.45. The first kappa shape index (κ1) is 24.0. The molecule has 176 valence electrons. The van der Waals surface area contributed by atoms with Crippen LogP contribution in [0, 0.1) is 0 Å². The van der Waals surface area contributed by atoms with Crippen molar-refractivity contribution in [3.8, 4) is 0 Å². The SMILES string of the molecule is CSc1cccc(NC(=O)C(Cc2ccccc2)NS(=O)(=O)c2ccc3c(c2)CCC(=O)N3)c1. The van der Waals surface area contributed by atoms with Gasteiger partial charge in [-0.25, -0.2) is 8.42 Å². The third-order valence-electron chi connectivity index (χ3n) is 5.52. The normalized spacial score (nSPS) is 14.1. The van der Waals surface area contributed by atoms with Crippen LogP contribution in [-0.4, -0.2) is 32.5 Å². The van der Waals surface area contributed by atoms with Crippen LogP contribution in [-0.2, 0) is 32.5 Å². The zero-order valence-electron chi connectivity index (χ0n) is 18.6. The first-order chi connectivity index (χ1) is 16.3. The van der Waals surface area contributed by atoms with Gasteiger partial charge in [-0.05, 0) is 66.6 Å². The van der Waals surface area contributed by atoms with Crippen LogP contribution in [0.15, 0.2) is 82.6 Å². The molecule has 0 saturated carbocycles. The lowest BCUT2D eigenvalue weighted by molar-refractivity contribution is -0.118. The molecule has 0 aliphatic carbocycles. The van der Waals surface area contributed by atoms with Crippen LogP contribution in [0.4, 0.5) is 11.4 Å². The van der Waals surface area contributed by atoms with E-state index >= 15 is 0 Å². The second-order valence-corrected chi connectivity index (χ2v) is 10.5. The maximum atomic E-state index is 13.3. The topological polar surface area (TPSA) is 104 Å². The Labute approximate surface area is 203 Å². The zero-order chi connectivity index (χ0) is 24.1. The standard InChI is InChI=1S/C25H25N3O4S2/c1-33-20-9-5-8-19(16-20)26-25(30)23(14-17-6-3-2-4-7-17)28-34(31,32)21-11-12-22-18(15-21)10-13-24(29)27-22/h2-9,11-12,15-16,23,28H,10,13-14H2,1H3,(H,26,30)(H,27,29). The van der Waals surface area contributed by atoms with E-state index in [2.05, 4.69) is 15.4 Å². The van der Waals surface area contributed by atoms with Crippen LogP contribution >= 0.6 is 11.8 Å². The Morgan fingerprint density at radius 2 is 1.82 bits per heavy atom. The van der Waals surface area contributed by atoms with Crippen molar-refractivity contribution in [1.82, 2.24) is 4.72 Å². The number of thioether (sulfide) groups is 1. The molecule has 0 fully saturated rings. The number of carbonyl (C=O) groups excluding carboxylic acids is 2. The second-order valence-electron chi connectivity index (χ2n) is 7.95. The van der Waals surface area contributed by atoms with Gasteiger partial charge in [-0.3, -0.25) is 9.59 Å². The zero-order valence-corrected chi connectivity index (χ0v) is 20.2. The van der Waals surface area contributed by atoms with Gasteiger partial charge in [0.1, 0.15) is 6.04 Å². The molecule has 2 amide bonds. The van der Waals surface area contributed by atoms with Crippen molar-refractivity contribution in [3.05, 3.63) is 83.9 Å². The van der Waals surface area contributed by atoms with Gasteiger partial charge in [-0.15, -0.1) is 11.8 Å². The van der Waals surface area contributed by atoms with E-state index in [1.165, 1.54) is 6.07 Å². The van der Waals surface area contributed by atoms with Crippen LogP contribution in [0.1, 0.15) is 17.5 Å². The monoisotopic (exact) mass is 495 g/mol. The fourth-order valence-electron chi connectivity index (χ4n) is 3.75. The second kappa shape index (κ2) is 10.4. The number of amides is 2. The molecular weight excluding hydrogens is 470 g/mol. The minimum Gasteiger partial charge on any atom is -0.326 e. The smallest absolute Gasteiger partial charge is 0.242 e. The molecule has 0 radical (unpaired) electrons. The van der Waals surface area contributed by atoms with Gasteiger partial charge in [0.15, 0.2) is 0 Å². The molecule has 1 heterocycles. The summed E-state index contributed by atoms with van der Waals surface area (Å²) in [5.41, 5.74) is 2.79. The largest absolute Gasteiger partial charge is 0.326 e. The van der Waals surface area contributed by atoms with Crippen molar-refractivity contribution in [2.75, 3.05) is 16.9 Å². The van der Waals surface area contributed by atoms with Crippen LogP contribution in [0.3, 0.4) is 0 Å². The van der Waals surface area contributed by atoms with Crippen molar-refractivity contribution >= 4 is 45.0 Å². The van der Waals surface area contributed by atoms with Crippen LogP contribution in [0.2, 0.25) is 0 Å². The van der Waals surface area contributed by atoms with E-state index in [0.717, 1.165) is 16.0 Å². The Kier molecular flexibility index (Phi) is 7.35. The Balaban J connectivity index is 1.59. The van der Waals surface area contributed by atoms with Crippen molar-refractivity contribution in [2.45, 2.75) is 35.1 Å². The lowest BCUT2D eigenvalue weighted by atomic mass is 10.0. The Morgan fingerprint density at radius 1 is 1.03 bits per heavy atom. The van der Waals surface area contributed by atoms with E-state index in [-0.39, 0.29) is 17.2 Å². The summed E-state index contributed by atoms with van der Waals surface area (Å²) >= 11 is 1.55. The van der Waals surface area contributed by atoms with E-state index in [9.17, 15) is 18.0 Å². The summed E-state index contributed by atoms with van der Waals surface area (Å²) in [6.45, 7) is 0. The van der Waals surface area contributed by atoms with Gasteiger partial charge in [0.05, 0.1) is 4.90 Å². The predicted molar refractivity (Wildman–Crippen MR) is 135 cm³/mol. The van der Waals surface area contributed by atoms with E-state index in [1.54, 1.807) is 30.0 Å². The summed E-state index contributed by atoms with van der Waals surface area (Å²) in [7, 11) is -4.00. The number of hydrogen-bond donors (Lipinski definition) is 3. The van der Waals surface area contributed by atoms with Crippen molar-refractivity contribution < 1.29 is 18.0 Å². The molecule has 0 saturated heterocycles. The molecule has 4 rings (SSSR count). The van der Waals surface area contributed by atoms with Crippen molar-refractivity contribution in [1.29, 1.82) is 0 Å².